The number of fused-ring (bicyclic) bond motifs is 1. The van der Waals surface area contributed by atoms with Crippen LogP contribution in [-0.4, -0.2) is 48.2 Å². The van der Waals surface area contributed by atoms with Crippen molar-refractivity contribution in [3.63, 3.8) is 0 Å². The van der Waals surface area contributed by atoms with Gasteiger partial charge in [-0.3, -0.25) is 14.5 Å². The lowest BCUT2D eigenvalue weighted by Gasteiger charge is -2.34. The van der Waals surface area contributed by atoms with Gasteiger partial charge in [0.25, 0.3) is 0 Å². The number of hydrogen-bond acceptors (Lipinski definition) is 4. The number of methoxy groups -OCH3 is 1. The summed E-state index contributed by atoms with van der Waals surface area (Å²) < 4.78 is 6.89. The number of amides is 2. The van der Waals surface area contributed by atoms with Crippen molar-refractivity contribution in [2.75, 3.05) is 31.7 Å². The molecule has 2 amide bonds. The molecule has 1 atom stereocenters. The molecule has 0 radical (unpaired) electrons. The van der Waals surface area contributed by atoms with Crippen LogP contribution in [0.4, 0.5) is 5.82 Å². The maximum absolute atomic E-state index is 13.0. The first kappa shape index (κ1) is 17.9. The van der Waals surface area contributed by atoms with Gasteiger partial charge in [0.1, 0.15) is 5.92 Å². The molecule has 1 N–H and O–H groups in total. The Morgan fingerprint density at radius 1 is 1.36 bits per heavy atom. The Labute approximate surface area is 148 Å². The van der Waals surface area contributed by atoms with Gasteiger partial charge in [-0.15, -0.1) is 0 Å². The van der Waals surface area contributed by atoms with E-state index in [0.29, 0.717) is 32.0 Å². The van der Waals surface area contributed by atoms with Gasteiger partial charge in [0.15, 0.2) is 5.82 Å². The van der Waals surface area contributed by atoms with Crippen molar-refractivity contribution in [2.24, 2.45) is 18.9 Å². The molecule has 0 aromatic carbocycles. The zero-order valence-corrected chi connectivity index (χ0v) is 15.2. The molecule has 0 bridgehead atoms. The van der Waals surface area contributed by atoms with Gasteiger partial charge >= 0.3 is 0 Å². The molecule has 3 rings (SSSR count). The van der Waals surface area contributed by atoms with Crippen LogP contribution in [0.5, 0.6) is 0 Å². The minimum absolute atomic E-state index is 0.119. The molecule has 0 spiro atoms. The van der Waals surface area contributed by atoms with Crippen LogP contribution in [0.15, 0.2) is 6.33 Å². The lowest BCUT2D eigenvalue weighted by Crippen LogP contribution is -2.50. The predicted molar refractivity (Wildman–Crippen MR) is 94.2 cm³/mol. The van der Waals surface area contributed by atoms with E-state index >= 15 is 0 Å². The minimum atomic E-state index is -0.677. The summed E-state index contributed by atoms with van der Waals surface area (Å²) in [7, 11) is 3.51. The third kappa shape index (κ3) is 3.86. The van der Waals surface area contributed by atoms with E-state index in [9.17, 15) is 9.59 Å². The zero-order chi connectivity index (χ0) is 17.8. The van der Waals surface area contributed by atoms with Crippen LogP contribution in [0, 0.1) is 11.8 Å². The topological polar surface area (TPSA) is 76.5 Å². The van der Waals surface area contributed by atoms with Crippen molar-refractivity contribution in [1.29, 1.82) is 0 Å². The number of imidazole rings is 1. The normalized spacial score (nSPS) is 21.3. The van der Waals surface area contributed by atoms with Crippen molar-refractivity contribution in [3.05, 3.63) is 12.0 Å². The van der Waals surface area contributed by atoms with Gasteiger partial charge in [0, 0.05) is 33.7 Å². The van der Waals surface area contributed by atoms with Gasteiger partial charge in [-0.25, -0.2) is 4.98 Å². The highest BCUT2D eigenvalue weighted by Gasteiger charge is 2.40. The number of nitrogens with zero attached hydrogens (tertiary/aromatic N) is 3. The van der Waals surface area contributed by atoms with E-state index in [2.05, 4.69) is 10.3 Å². The molecule has 1 aliphatic heterocycles. The van der Waals surface area contributed by atoms with E-state index in [-0.39, 0.29) is 11.8 Å². The molecule has 138 valence electrons. The smallest absolute Gasteiger partial charge is 0.241 e. The van der Waals surface area contributed by atoms with E-state index in [4.69, 9.17) is 4.74 Å². The average Bonchev–Trinajstić information content (AvgIpc) is 2.99. The first-order chi connectivity index (χ1) is 12.1. The molecule has 0 saturated heterocycles. The highest BCUT2D eigenvalue weighted by atomic mass is 16.5. The molecular formula is C18H28N4O3. The predicted octanol–water partition coefficient (Wildman–Crippen LogP) is 1.27. The monoisotopic (exact) mass is 348 g/mol. The molecule has 1 aromatic rings. The van der Waals surface area contributed by atoms with Gasteiger partial charge in [-0.2, -0.15) is 0 Å². The van der Waals surface area contributed by atoms with Crippen molar-refractivity contribution in [2.45, 2.75) is 38.5 Å². The SMILES string of the molecule is COCCNC(=O)C1Cc2c(ncn2C)N(CC2CCCCC2)C1=O. The van der Waals surface area contributed by atoms with Gasteiger partial charge in [0.2, 0.25) is 11.8 Å². The second-order valence-electron chi connectivity index (χ2n) is 7.12. The number of nitrogens with one attached hydrogen (secondary N) is 1. The number of aromatic nitrogens is 2. The fourth-order valence-electron chi connectivity index (χ4n) is 3.89. The van der Waals surface area contributed by atoms with Crippen molar-refractivity contribution in [1.82, 2.24) is 14.9 Å². The summed E-state index contributed by atoms with van der Waals surface area (Å²) in [5.41, 5.74) is 0.960. The molecule has 1 saturated carbocycles. The Hall–Kier alpha value is -1.89. The molecule has 1 unspecified atom stereocenters. The first-order valence-corrected chi connectivity index (χ1v) is 9.20. The van der Waals surface area contributed by atoms with Gasteiger partial charge < -0.3 is 14.6 Å². The molecule has 7 nitrogen and oxygen atoms in total. The Morgan fingerprint density at radius 2 is 2.12 bits per heavy atom. The van der Waals surface area contributed by atoms with Crippen LogP contribution in [0.2, 0.25) is 0 Å². The molecule has 1 aliphatic carbocycles. The minimum Gasteiger partial charge on any atom is -0.383 e. The molecule has 1 fully saturated rings. The highest BCUT2D eigenvalue weighted by molar-refractivity contribution is 6.09. The lowest BCUT2D eigenvalue weighted by atomic mass is 9.87. The van der Waals surface area contributed by atoms with Gasteiger partial charge in [-0.05, 0) is 18.8 Å². The molecule has 2 heterocycles. The number of aryl methyl sites for hydroxylation is 1. The van der Waals surface area contributed by atoms with Gasteiger partial charge in [0.05, 0.1) is 18.6 Å². The quantitative estimate of drug-likeness (QED) is 0.620. The van der Waals surface area contributed by atoms with Crippen LogP contribution < -0.4 is 10.2 Å². The van der Waals surface area contributed by atoms with Crippen molar-refractivity contribution < 1.29 is 14.3 Å². The van der Waals surface area contributed by atoms with E-state index in [1.165, 1.54) is 19.3 Å². The van der Waals surface area contributed by atoms with Crippen LogP contribution >= 0.6 is 0 Å². The summed E-state index contributed by atoms with van der Waals surface area (Å²) in [6, 6.07) is 0. The maximum atomic E-state index is 13.0. The third-order valence-corrected chi connectivity index (χ3v) is 5.34. The molecule has 25 heavy (non-hydrogen) atoms. The summed E-state index contributed by atoms with van der Waals surface area (Å²) >= 11 is 0. The second kappa shape index (κ2) is 7.99. The average molecular weight is 348 g/mol. The number of anilines is 1. The van der Waals surface area contributed by atoms with Crippen LogP contribution in [0.1, 0.15) is 37.8 Å². The molecule has 2 aliphatic rings. The van der Waals surface area contributed by atoms with Crippen molar-refractivity contribution in [3.8, 4) is 0 Å². The highest BCUT2D eigenvalue weighted by Crippen LogP contribution is 2.32. The number of rotatable bonds is 6. The van der Waals surface area contributed by atoms with Crippen LogP contribution in [0.3, 0.4) is 0 Å². The number of hydrogen-bond donors (Lipinski definition) is 1. The number of carbonyl (C=O) groups is 2. The van der Waals surface area contributed by atoms with E-state index in [1.807, 2.05) is 11.6 Å². The summed E-state index contributed by atoms with van der Waals surface area (Å²) in [5, 5.41) is 2.81. The van der Waals surface area contributed by atoms with Crippen LogP contribution in [-0.2, 0) is 27.8 Å². The van der Waals surface area contributed by atoms with Crippen molar-refractivity contribution >= 4 is 17.6 Å². The Balaban J connectivity index is 1.77. The Kier molecular flexibility index (Phi) is 5.73. The van der Waals surface area contributed by atoms with Gasteiger partial charge in [-0.1, -0.05) is 19.3 Å². The fraction of sp³-hybridized carbons (Fsp3) is 0.722. The summed E-state index contributed by atoms with van der Waals surface area (Å²) in [5.74, 6) is 0.222. The largest absolute Gasteiger partial charge is 0.383 e. The second-order valence-corrected chi connectivity index (χ2v) is 7.12. The van der Waals surface area contributed by atoms with E-state index < -0.39 is 5.92 Å². The standard InChI is InChI=1S/C18H28N4O3/c1-21-12-20-16-15(21)10-14(17(23)19-8-9-25-2)18(24)22(16)11-13-6-4-3-5-7-13/h12-14H,3-11H2,1-2H3,(H,19,23). The van der Waals surface area contributed by atoms with Crippen LogP contribution in [0.25, 0.3) is 0 Å². The summed E-state index contributed by atoms with van der Waals surface area (Å²) in [6.07, 6.45) is 8.17. The Bertz CT molecular complexity index is 622. The number of ether oxygens (including phenoxy) is 1. The lowest BCUT2D eigenvalue weighted by molar-refractivity contribution is -0.134. The van der Waals surface area contributed by atoms with E-state index in [0.717, 1.165) is 24.4 Å². The maximum Gasteiger partial charge on any atom is 0.241 e. The fourth-order valence-corrected chi connectivity index (χ4v) is 3.89. The molecule has 7 heteroatoms. The zero-order valence-electron chi connectivity index (χ0n) is 15.2. The first-order valence-electron chi connectivity index (χ1n) is 9.20. The summed E-state index contributed by atoms with van der Waals surface area (Å²) in [4.78, 5) is 31.7. The summed E-state index contributed by atoms with van der Waals surface area (Å²) in [6.45, 7) is 1.53. The van der Waals surface area contributed by atoms with E-state index in [1.54, 1.807) is 18.3 Å². The third-order valence-electron chi connectivity index (χ3n) is 5.34. The molecule has 1 aromatic heterocycles. The Morgan fingerprint density at radius 3 is 2.84 bits per heavy atom. The number of carbonyl (C=O) groups excluding carboxylic acids is 2. The molecular weight excluding hydrogens is 320 g/mol.